The fourth-order valence-electron chi connectivity index (χ4n) is 3.27. The Balaban J connectivity index is 2.20. The van der Waals surface area contributed by atoms with E-state index in [1.54, 1.807) is 0 Å². The number of benzene rings is 1. The molecule has 1 saturated carbocycles. The van der Waals surface area contributed by atoms with E-state index in [-0.39, 0.29) is 0 Å². The van der Waals surface area contributed by atoms with Crippen LogP contribution in [0.5, 0.6) is 5.75 Å². The summed E-state index contributed by atoms with van der Waals surface area (Å²) < 4.78 is 6.41. The van der Waals surface area contributed by atoms with Crippen LogP contribution in [-0.2, 0) is 0 Å². The third-order valence-electron chi connectivity index (χ3n) is 5.15. The van der Waals surface area contributed by atoms with Crippen molar-refractivity contribution in [3.63, 3.8) is 0 Å². The Kier molecular flexibility index (Phi) is 4.84. The molecule has 1 aliphatic carbocycles. The van der Waals surface area contributed by atoms with Crippen molar-refractivity contribution in [1.29, 1.82) is 0 Å². The van der Waals surface area contributed by atoms with Gasteiger partial charge in [-0.2, -0.15) is 0 Å². The molecule has 2 rings (SSSR count). The van der Waals surface area contributed by atoms with Crippen LogP contribution < -0.4 is 4.74 Å². The predicted molar refractivity (Wildman–Crippen MR) is 90.0 cm³/mol. The molecule has 0 radical (unpaired) electrons. The second-order valence-corrected chi connectivity index (χ2v) is 7.53. The van der Waals surface area contributed by atoms with Crippen molar-refractivity contribution < 1.29 is 4.74 Å². The van der Waals surface area contributed by atoms with Gasteiger partial charge >= 0.3 is 0 Å². The maximum absolute atomic E-state index is 6.41. The lowest BCUT2D eigenvalue weighted by atomic mass is 9.62. The third kappa shape index (κ3) is 2.64. The second-order valence-electron chi connectivity index (χ2n) is 6.43. The first-order valence-corrected chi connectivity index (χ1v) is 8.77. The maximum atomic E-state index is 6.41. The van der Waals surface area contributed by atoms with Crippen molar-refractivity contribution in [3.8, 4) is 5.75 Å². The molecular formula is C18H27BrO. The highest BCUT2D eigenvalue weighted by molar-refractivity contribution is 9.09. The molecule has 2 unspecified atom stereocenters. The summed E-state index contributed by atoms with van der Waals surface area (Å²) in [4.78, 5) is 0.601. The minimum absolute atomic E-state index is 0.306. The largest absolute Gasteiger partial charge is 0.489 e. The maximum Gasteiger partial charge on any atom is 0.122 e. The summed E-state index contributed by atoms with van der Waals surface area (Å²) in [5.41, 5.74) is 2.91. The van der Waals surface area contributed by atoms with Gasteiger partial charge in [0.15, 0.2) is 0 Å². The van der Waals surface area contributed by atoms with Crippen LogP contribution in [-0.4, -0.2) is 10.9 Å². The van der Waals surface area contributed by atoms with Crippen molar-refractivity contribution >= 4 is 15.9 Å². The molecule has 1 nitrogen and oxygen atoms in total. The molecule has 2 heteroatoms. The van der Waals surface area contributed by atoms with Crippen molar-refractivity contribution in [2.24, 2.45) is 5.41 Å². The number of ether oxygens (including phenoxy) is 1. The Hall–Kier alpha value is -0.500. The van der Waals surface area contributed by atoms with Crippen LogP contribution in [0, 0.1) is 12.3 Å². The summed E-state index contributed by atoms with van der Waals surface area (Å²) in [6.07, 6.45) is 3.82. The standard InChI is InChI=1S/C18H27BrO/c1-6-18(7-2)16(19)11-17(18)20-15-10-14(12(3)4)9-8-13(15)5/h8-10,12,16-17H,6-7,11H2,1-5H3. The smallest absolute Gasteiger partial charge is 0.122 e. The number of hydrogen-bond donors (Lipinski definition) is 0. The molecule has 0 amide bonds. The van der Waals surface area contributed by atoms with Gasteiger partial charge in [0.1, 0.15) is 11.9 Å². The lowest BCUT2D eigenvalue weighted by Crippen LogP contribution is -2.56. The van der Waals surface area contributed by atoms with Gasteiger partial charge in [0.25, 0.3) is 0 Å². The molecule has 0 spiro atoms. The fraction of sp³-hybridized carbons (Fsp3) is 0.667. The normalized spacial score (nSPS) is 24.6. The van der Waals surface area contributed by atoms with Crippen LogP contribution >= 0.6 is 15.9 Å². The molecule has 0 bridgehead atoms. The monoisotopic (exact) mass is 338 g/mol. The molecule has 20 heavy (non-hydrogen) atoms. The molecule has 0 heterocycles. The number of halogens is 1. The Morgan fingerprint density at radius 2 is 1.95 bits per heavy atom. The first-order valence-electron chi connectivity index (χ1n) is 7.85. The number of rotatable bonds is 5. The number of alkyl halides is 1. The van der Waals surface area contributed by atoms with Crippen molar-refractivity contribution in [2.45, 2.75) is 70.7 Å². The van der Waals surface area contributed by atoms with E-state index in [1.165, 1.54) is 24.0 Å². The van der Waals surface area contributed by atoms with Crippen LogP contribution in [0.15, 0.2) is 18.2 Å². The van der Waals surface area contributed by atoms with Crippen molar-refractivity contribution in [3.05, 3.63) is 29.3 Å². The van der Waals surface area contributed by atoms with Gasteiger partial charge in [-0.1, -0.05) is 55.8 Å². The van der Waals surface area contributed by atoms with E-state index in [4.69, 9.17) is 4.74 Å². The van der Waals surface area contributed by atoms with Gasteiger partial charge in [-0.15, -0.1) is 0 Å². The van der Waals surface area contributed by atoms with Crippen LogP contribution in [0.2, 0.25) is 0 Å². The zero-order valence-corrected chi connectivity index (χ0v) is 15.0. The summed E-state index contributed by atoms with van der Waals surface area (Å²) in [5, 5.41) is 0. The third-order valence-corrected chi connectivity index (χ3v) is 6.44. The van der Waals surface area contributed by atoms with Gasteiger partial charge in [-0.3, -0.25) is 0 Å². The number of hydrogen-bond acceptors (Lipinski definition) is 1. The predicted octanol–water partition coefficient (Wildman–Crippen LogP) is 5.84. The highest BCUT2D eigenvalue weighted by atomic mass is 79.9. The summed E-state index contributed by atoms with van der Waals surface area (Å²) in [7, 11) is 0. The van der Waals surface area contributed by atoms with Gasteiger partial charge < -0.3 is 4.74 Å². The Morgan fingerprint density at radius 1 is 1.30 bits per heavy atom. The Labute approximate surface area is 132 Å². The van der Waals surface area contributed by atoms with Crippen molar-refractivity contribution in [2.75, 3.05) is 0 Å². The summed E-state index contributed by atoms with van der Waals surface area (Å²) in [5.74, 6) is 1.62. The molecule has 1 aliphatic rings. The molecular weight excluding hydrogens is 312 g/mol. The van der Waals surface area contributed by atoms with E-state index in [2.05, 4.69) is 68.7 Å². The molecule has 112 valence electrons. The molecule has 1 aromatic rings. The highest BCUT2D eigenvalue weighted by Crippen LogP contribution is 2.53. The molecule has 2 atom stereocenters. The molecule has 1 aromatic carbocycles. The van der Waals surface area contributed by atoms with E-state index in [0.29, 0.717) is 22.3 Å². The minimum atomic E-state index is 0.306. The van der Waals surface area contributed by atoms with E-state index < -0.39 is 0 Å². The van der Waals surface area contributed by atoms with Gasteiger partial charge in [0.05, 0.1) is 0 Å². The van der Waals surface area contributed by atoms with Gasteiger partial charge in [0.2, 0.25) is 0 Å². The van der Waals surface area contributed by atoms with E-state index in [9.17, 15) is 0 Å². The molecule has 0 N–H and O–H groups in total. The van der Waals surface area contributed by atoms with Crippen LogP contribution in [0.1, 0.15) is 64.0 Å². The molecule has 1 fully saturated rings. The van der Waals surface area contributed by atoms with Gasteiger partial charge in [0, 0.05) is 10.2 Å². The summed E-state index contributed by atoms with van der Waals surface area (Å²) in [6.45, 7) is 11.2. The molecule has 0 aromatic heterocycles. The topological polar surface area (TPSA) is 9.23 Å². The van der Waals surface area contributed by atoms with Gasteiger partial charge in [-0.25, -0.2) is 0 Å². The lowest BCUT2D eigenvalue weighted by molar-refractivity contribution is -0.0414. The average Bonchev–Trinajstić information content (AvgIpc) is 2.41. The quantitative estimate of drug-likeness (QED) is 0.612. The Morgan fingerprint density at radius 3 is 2.45 bits per heavy atom. The zero-order valence-electron chi connectivity index (χ0n) is 13.4. The Bertz CT molecular complexity index is 462. The van der Waals surface area contributed by atoms with E-state index >= 15 is 0 Å². The first kappa shape index (κ1) is 15.9. The van der Waals surface area contributed by atoms with Crippen molar-refractivity contribution in [1.82, 2.24) is 0 Å². The first-order chi connectivity index (χ1) is 9.44. The average molecular weight is 339 g/mol. The van der Waals surface area contributed by atoms with Crippen LogP contribution in [0.25, 0.3) is 0 Å². The SMILES string of the molecule is CCC1(CC)C(Br)CC1Oc1cc(C(C)C)ccc1C. The van der Waals surface area contributed by atoms with Crippen LogP contribution in [0.3, 0.4) is 0 Å². The van der Waals surface area contributed by atoms with E-state index in [0.717, 1.165) is 12.2 Å². The van der Waals surface area contributed by atoms with E-state index in [1.807, 2.05) is 0 Å². The van der Waals surface area contributed by atoms with Gasteiger partial charge in [-0.05, 0) is 49.3 Å². The summed E-state index contributed by atoms with van der Waals surface area (Å²) in [6, 6.07) is 6.64. The summed E-state index contributed by atoms with van der Waals surface area (Å²) >= 11 is 3.83. The minimum Gasteiger partial charge on any atom is -0.489 e. The number of aryl methyl sites for hydroxylation is 1. The molecule has 0 saturated heterocycles. The fourth-order valence-corrected chi connectivity index (χ4v) is 4.55. The second kappa shape index (κ2) is 6.09. The molecule has 0 aliphatic heterocycles. The zero-order chi connectivity index (χ0) is 14.9. The highest BCUT2D eigenvalue weighted by Gasteiger charge is 2.53. The van der Waals surface area contributed by atoms with Crippen LogP contribution in [0.4, 0.5) is 0 Å². The lowest BCUT2D eigenvalue weighted by Gasteiger charge is -2.53.